The van der Waals surface area contributed by atoms with E-state index in [2.05, 4.69) is 64.3 Å². The molecule has 0 unspecified atom stereocenters. The molecule has 1 aliphatic carbocycles. The van der Waals surface area contributed by atoms with Crippen molar-refractivity contribution in [1.29, 1.82) is 0 Å². The van der Waals surface area contributed by atoms with Crippen LogP contribution < -0.4 is 9.80 Å². The van der Waals surface area contributed by atoms with Gasteiger partial charge in [-0.1, -0.05) is 20.8 Å². The van der Waals surface area contributed by atoms with Gasteiger partial charge in [0, 0.05) is 43.0 Å². The second kappa shape index (κ2) is 5.65. The Kier molecular flexibility index (Phi) is 3.71. The van der Waals surface area contributed by atoms with Crippen LogP contribution >= 0.6 is 11.5 Å². The van der Waals surface area contributed by atoms with Gasteiger partial charge in [-0.05, 0) is 25.0 Å². The van der Waals surface area contributed by atoms with Crippen LogP contribution in [0.5, 0.6) is 0 Å². The molecule has 1 saturated carbocycles. The van der Waals surface area contributed by atoms with Gasteiger partial charge in [-0.3, -0.25) is 0 Å². The van der Waals surface area contributed by atoms with Crippen molar-refractivity contribution in [3.05, 3.63) is 23.7 Å². The Morgan fingerprint density at radius 2 is 1.92 bits per heavy atom. The Morgan fingerprint density at radius 1 is 1.17 bits per heavy atom. The van der Waals surface area contributed by atoms with Crippen molar-refractivity contribution >= 4 is 22.5 Å². The highest BCUT2D eigenvalue weighted by molar-refractivity contribution is 7.09. The molecule has 0 radical (unpaired) electrons. The lowest BCUT2D eigenvalue weighted by atomic mass is 9.92. The normalized spacial score (nSPS) is 18.6. The molecule has 3 heterocycles. The van der Waals surface area contributed by atoms with Crippen LogP contribution in [0, 0.1) is 0 Å². The third-order valence-corrected chi connectivity index (χ3v) is 5.65. The van der Waals surface area contributed by atoms with Crippen LogP contribution in [0.4, 0.5) is 10.9 Å². The molecular formula is C17H24N6S. The predicted molar refractivity (Wildman–Crippen MR) is 97.0 cm³/mol. The zero-order valence-electron chi connectivity index (χ0n) is 14.7. The Hall–Kier alpha value is -1.76. The molecule has 1 saturated heterocycles. The lowest BCUT2D eigenvalue weighted by Crippen LogP contribution is -2.59. The highest BCUT2D eigenvalue weighted by atomic mass is 32.1. The van der Waals surface area contributed by atoms with Gasteiger partial charge >= 0.3 is 0 Å². The summed E-state index contributed by atoms with van der Waals surface area (Å²) in [5, 5.41) is 9.82. The molecule has 0 bridgehead atoms. The molecule has 1 aliphatic heterocycles. The highest BCUT2D eigenvalue weighted by Gasteiger charge is 2.34. The maximum atomic E-state index is 4.70. The Morgan fingerprint density at radius 3 is 2.50 bits per heavy atom. The summed E-state index contributed by atoms with van der Waals surface area (Å²) in [6.45, 7) is 8.38. The van der Waals surface area contributed by atoms with E-state index in [9.17, 15) is 0 Å². The van der Waals surface area contributed by atoms with Crippen LogP contribution in [0.15, 0.2) is 12.1 Å². The smallest absolute Gasteiger partial charge is 0.205 e. The number of aromatic nitrogens is 4. The van der Waals surface area contributed by atoms with Crippen LogP contribution in [-0.4, -0.2) is 45.7 Å². The van der Waals surface area contributed by atoms with Gasteiger partial charge in [0.25, 0.3) is 0 Å². The lowest BCUT2D eigenvalue weighted by molar-refractivity contribution is 0.487. The highest BCUT2D eigenvalue weighted by Crippen LogP contribution is 2.40. The first-order valence-electron chi connectivity index (χ1n) is 8.57. The monoisotopic (exact) mass is 344 g/mol. The van der Waals surface area contributed by atoms with Gasteiger partial charge in [0.05, 0.1) is 11.7 Å². The lowest BCUT2D eigenvalue weighted by Gasteiger charge is -2.44. The van der Waals surface area contributed by atoms with E-state index in [4.69, 9.17) is 4.98 Å². The first-order chi connectivity index (χ1) is 11.4. The van der Waals surface area contributed by atoms with Crippen molar-refractivity contribution in [1.82, 2.24) is 19.6 Å². The average molecular weight is 344 g/mol. The van der Waals surface area contributed by atoms with Gasteiger partial charge in [-0.2, -0.15) is 9.47 Å². The van der Waals surface area contributed by atoms with E-state index < -0.39 is 0 Å². The molecule has 0 spiro atoms. The van der Waals surface area contributed by atoms with Crippen molar-refractivity contribution in [2.75, 3.05) is 29.9 Å². The summed E-state index contributed by atoms with van der Waals surface area (Å²) in [6, 6.07) is 4.64. The fourth-order valence-corrected chi connectivity index (χ4v) is 3.59. The Labute approximate surface area is 147 Å². The second-order valence-electron chi connectivity index (χ2n) is 7.91. The van der Waals surface area contributed by atoms with E-state index >= 15 is 0 Å². The molecule has 128 valence electrons. The Bertz CT molecular complexity index is 709. The molecule has 0 amide bonds. The number of hydrogen-bond donors (Lipinski definition) is 0. The van der Waals surface area contributed by atoms with E-state index in [1.807, 2.05) is 0 Å². The summed E-state index contributed by atoms with van der Waals surface area (Å²) in [4.78, 5) is 9.23. The molecule has 7 heteroatoms. The number of likely N-dealkylation sites (N-methyl/N-ethyl adjacent to an activating group) is 1. The van der Waals surface area contributed by atoms with Crippen molar-refractivity contribution in [2.24, 2.45) is 0 Å². The minimum Gasteiger partial charge on any atom is -0.351 e. The van der Waals surface area contributed by atoms with Crippen LogP contribution in [-0.2, 0) is 5.41 Å². The number of nitrogens with zero attached hydrogens (tertiary/aromatic N) is 6. The zero-order chi connectivity index (χ0) is 16.9. The molecule has 2 aromatic heterocycles. The van der Waals surface area contributed by atoms with Crippen LogP contribution in [0.1, 0.15) is 51.0 Å². The summed E-state index contributed by atoms with van der Waals surface area (Å²) >= 11 is 1.52. The van der Waals surface area contributed by atoms with Gasteiger partial charge in [-0.25, -0.2) is 4.98 Å². The minimum atomic E-state index is 0.0420. The molecule has 0 N–H and O–H groups in total. The number of hydrogen-bond acceptors (Lipinski definition) is 7. The van der Waals surface area contributed by atoms with Crippen LogP contribution in [0.2, 0.25) is 0 Å². The van der Waals surface area contributed by atoms with E-state index in [0.717, 1.165) is 35.6 Å². The SMILES string of the molecule is CN(c1nc(C2CC2)ns1)C1CN(c2ccc(C(C)(C)C)nn2)C1. The maximum Gasteiger partial charge on any atom is 0.205 e. The third-order valence-electron chi connectivity index (χ3n) is 4.83. The first kappa shape index (κ1) is 15.7. The van der Waals surface area contributed by atoms with Gasteiger partial charge in [-0.15, -0.1) is 5.10 Å². The van der Waals surface area contributed by atoms with Gasteiger partial charge < -0.3 is 9.80 Å². The third kappa shape index (κ3) is 2.97. The van der Waals surface area contributed by atoms with Crippen molar-refractivity contribution in [2.45, 2.75) is 51.0 Å². The quantitative estimate of drug-likeness (QED) is 0.850. The number of anilines is 2. The average Bonchev–Trinajstić information content (AvgIpc) is 3.22. The summed E-state index contributed by atoms with van der Waals surface area (Å²) < 4.78 is 4.50. The first-order valence-corrected chi connectivity index (χ1v) is 9.35. The van der Waals surface area contributed by atoms with Crippen LogP contribution in [0.25, 0.3) is 0 Å². The second-order valence-corrected chi connectivity index (χ2v) is 8.64. The van der Waals surface area contributed by atoms with Gasteiger partial charge in [0.15, 0.2) is 5.82 Å². The summed E-state index contributed by atoms with van der Waals surface area (Å²) in [7, 11) is 2.12. The predicted octanol–water partition coefficient (Wildman–Crippen LogP) is 2.83. The molecule has 2 aliphatic rings. The molecule has 6 nitrogen and oxygen atoms in total. The van der Waals surface area contributed by atoms with E-state index in [0.29, 0.717) is 12.0 Å². The van der Waals surface area contributed by atoms with E-state index in [1.165, 1.54) is 24.4 Å². The van der Waals surface area contributed by atoms with Gasteiger partial charge in [0.2, 0.25) is 5.13 Å². The summed E-state index contributed by atoms with van der Waals surface area (Å²) in [5.74, 6) is 2.63. The van der Waals surface area contributed by atoms with Crippen molar-refractivity contribution < 1.29 is 0 Å². The molecule has 0 atom stereocenters. The molecule has 24 heavy (non-hydrogen) atoms. The van der Waals surface area contributed by atoms with Gasteiger partial charge in [0.1, 0.15) is 5.82 Å². The van der Waals surface area contributed by atoms with E-state index in [-0.39, 0.29) is 5.41 Å². The number of rotatable bonds is 4. The molecule has 2 aromatic rings. The van der Waals surface area contributed by atoms with Crippen LogP contribution in [0.3, 0.4) is 0 Å². The minimum absolute atomic E-state index is 0.0420. The fourth-order valence-electron chi connectivity index (χ4n) is 2.81. The van der Waals surface area contributed by atoms with Crippen molar-refractivity contribution in [3.63, 3.8) is 0 Å². The molecule has 2 fully saturated rings. The molecular weight excluding hydrogens is 320 g/mol. The maximum absolute atomic E-state index is 4.70. The Balaban J connectivity index is 1.36. The molecule has 4 rings (SSSR count). The van der Waals surface area contributed by atoms with E-state index in [1.54, 1.807) is 0 Å². The van der Waals surface area contributed by atoms with Crippen molar-refractivity contribution in [3.8, 4) is 0 Å². The zero-order valence-corrected chi connectivity index (χ0v) is 15.5. The summed E-state index contributed by atoms with van der Waals surface area (Å²) in [6.07, 6.45) is 2.50. The summed E-state index contributed by atoms with van der Waals surface area (Å²) in [5.41, 5.74) is 1.07. The molecule has 0 aromatic carbocycles. The fraction of sp³-hybridized carbons (Fsp3) is 0.647. The standard InChI is InChI=1S/C17H24N6S/c1-17(2,3)13-7-8-14(20-19-13)23-9-12(10-23)22(4)16-18-15(21-24-16)11-5-6-11/h7-8,11-12H,5-6,9-10H2,1-4H3. The largest absolute Gasteiger partial charge is 0.351 e. The topological polar surface area (TPSA) is 58.0 Å².